The van der Waals surface area contributed by atoms with Crippen LogP contribution in [-0.4, -0.2) is 44.4 Å². The van der Waals surface area contributed by atoms with Crippen molar-refractivity contribution < 1.29 is 17.9 Å². The highest BCUT2D eigenvalue weighted by Gasteiger charge is 2.45. The molecule has 1 atom stereocenters. The Labute approximate surface area is 132 Å². The second-order valence-corrected chi connectivity index (χ2v) is 5.03. The lowest BCUT2D eigenvalue weighted by Crippen LogP contribution is -2.49. The largest absolute Gasteiger partial charge is 0.495 e. The third-order valence-electron chi connectivity index (χ3n) is 3.32. The van der Waals surface area contributed by atoms with Crippen molar-refractivity contribution in [2.75, 3.05) is 33.3 Å². The fraction of sp³-hybridized carbons (Fsp3) is 0.538. The normalized spacial score (nSPS) is 18.0. The van der Waals surface area contributed by atoms with Gasteiger partial charge in [-0.05, 0) is 17.7 Å². The van der Waals surface area contributed by atoms with Crippen molar-refractivity contribution in [1.29, 1.82) is 0 Å². The van der Waals surface area contributed by atoms with Gasteiger partial charge < -0.3 is 10.1 Å². The SMILES string of the molecule is COc1cc([C@H](N2CCNCC2)C(F)(F)F)ccc1Cl.Cl. The summed E-state index contributed by atoms with van der Waals surface area (Å²) in [6.45, 7) is 1.82. The Kier molecular flexibility index (Phi) is 6.59. The molecule has 1 aromatic rings. The number of methoxy groups -OCH3 is 1. The second-order valence-electron chi connectivity index (χ2n) is 4.62. The molecule has 1 saturated heterocycles. The molecule has 0 aliphatic carbocycles. The number of halogens is 5. The summed E-state index contributed by atoms with van der Waals surface area (Å²) < 4.78 is 45.2. The number of alkyl halides is 3. The van der Waals surface area contributed by atoms with Crippen LogP contribution in [0.15, 0.2) is 18.2 Å². The Hall–Kier alpha value is -0.690. The summed E-state index contributed by atoms with van der Waals surface area (Å²) in [4.78, 5) is 1.43. The maximum absolute atomic E-state index is 13.4. The van der Waals surface area contributed by atoms with Crippen LogP contribution in [0, 0.1) is 0 Å². The van der Waals surface area contributed by atoms with E-state index in [4.69, 9.17) is 16.3 Å². The summed E-state index contributed by atoms with van der Waals surface area (Å²) in [6.07, 6.45) is -4.34. The zero-order valence-electron chi connectivity index (χ0n) is 11.4. The van der Waals surface area contributed by atoms with E-state index in [2.05, 4.69) is 5.32 Å². The van der Waals surface area contributed by atoms with Gasteiger partial charge in [0.05, 0.1) is 12.1 Å². The van der Waals surface area contributed by atoms with Gasteiger partial charge in [0.2, 0.25) is 0 Å². The van der Waals surface area contributed by atoms with E-state index in [0.717, 1.165) is 0 Å². The lowest BCUT2D eigenvalue weighted by Gasteiger charge is -2.36. The zero-order valence-corrected chi connectivity index (χ0v) is 13.0. The van der Waals surface area contributed by atoms with Crippen molar-refractivity contribution in [2.45, 2.75) is 12.2 Å². The number of benzene rings is 1. The monoisotopic (exact) mass is 344 g/mol. The molecule has 2 rings (SSSR count). The highest BCUT2D eigenvalue weighted by molar-refractivity contribution is 6.32. The molecule has 1 fully saturated rings. The van der Waals surface area contributed by atoms with E-state index in [1.54, 1.807) is 0 Å². The summed E-state index contributed by atoms with van der Waals surface area (Å²) >= 11 is 5.87. The van der Waals surface area contributed by atoms with Gasteiger partial charge in [0, 0.05) is 26.2 Å². The van der Waals surface area contributed by atoms with E-state index in [-0.39, 0.29) is 23.7 Å². The highest BCUT2D eigenvalue weighted by Crippen LogP contribution is 2.40. The topological polar surface area (TPSA) is 24.5 Å². The fourth-order valence-corrected chi connectivity index (χ4v) is 2.59. The molecule has 1 aromatic carbocycles. The lowest BCUT2D eigenvalue weighted by molar-refractivity contribution is -0.187. The standard InChI is InChI=1S/C13H16ClF3N2O.ClH/c1-20-11-8-9(2-3-10(11)14)12(13(15,16)17)19-6-4-18-5-7-19;/h2-3,8,12,18H,4-7H2,1H3;1H/t12-;/m0./s1. The molecule has 120 valence electrons. The first-order valence-electron chi connectivity index (χ1n) is 6.28. The maximum atomic E-state index is 13.4. The molecule has 1 aliphatic rings. The van der Waals surface area contributed by atoms with Crippen LogP contribution in [0.4, 0.5) is 13.2 Å². The van der Waals surface area contributed by atoms with Gasteiger partial charge in [0.25, 0.3) is 0 Å². The van der Waals surface area contributed by atoms with Gasteiger partial charge in [-0.3, -0.25) is 4.90 Å². The van der Waals surface area contributed by atoms with E-state index in [1.807, 2.05) is 0 Å². The van der Waals surface area contributed by atoms with Crippen molar-refractivity contribution in [3.8, 4) is 5.75 Å². The second kappa shape index (κ2) is 7.54. The molecule has 0 amide bonds. The molecular formula is C13H17Cl2F3N2O. The van der Waals surface area contributed by atoms with Crippen LogP contribution >= 0.6 is 24.0 Å². The molecule has 3 nitrogen and oxygen atoms in total. The van der Waals surface area contributed by atoms with E-state index in [1.165, 1.54) is 30.2 Å². The quantitative estimate of drug-likeness (QED) is 0.910. The average molecular weight is 345 g/mol. The molecule has 21 heavy (non-hydrogen) atoms. The molecule has 0 aromatic heterocycles. The molecular weight excluding hydrogens is 328 g/mol. The fourth-order valence-electron chi connectivity index (χ4n) is 2.39. The molecule has 0 unspecified atom stereocenters. The van der Waals surface area contributed by atoms with Crippen LogP contribution in [0.1, 0.15) is 11.6 Å². The van der Waals surface area contributed by atoms with Crippen LogP contribution < -0.4 is 10.1 Å². The first kappa shape index (κ1) is 18.4. The Morgan fingerprint density at radius 1 is 1.29 bits per heavy atom. The predicted molar refractivity (Wildman–Crippen MR) is 78.5 cm³/mol. The molecule has 8 heteroatoms. The van der Waals surface area contributed by atoms with E-state index < -0.39 is 12.2 Å². The van der Waals surface area contributed by atoms with Crippen LogP contribution in [0.25, 0.3) is 0 Å². The van der Waals surface area contributed by atoms with Crippen LogP contribution in [0.5, 0.6) is 5.75 Å². The van der Waals surface area contributed by atoms with Gasteiger partial charge in [-0.25, -0.2) is 0 Å². The summed E-state index contributed by atoms with van der Waals surface area (Å²) in [5.41, 5.74) is 0.153. The number of hydrogen-bond donors (Lipinski definition) is 1. The van der Waals surface area contributed by atoms with Crippen molar-refractivity contribution in [3.05, 3.63) is 28.8 Å². The van der Waals surface area contributed by atoms with Crippen molar-refractivity contribution in [2.24, 2.45) is 0 Å². The van der Waals surface area contributed by atoms with Crippen molar-refractivity contribution in [1.82, 2.24) is 10.2 Å². The van der Waals surface area contributed by atoms with Gasteiger partial charge in [-0.15, -0.1) is 12.4 Å². The minimum Gasteiger partial charge on any atom is -0.495 e. The van der Waals surface area contributed by atoms with Crippen LogP contribution in [-0.2, 0) is 0 Å². The zero-order chi connectivity index (χ0) is 14.8. The number of nitrogens with zero attached hydrogens (tertiary/aromatic N) is 1. The highest BCUT2D eigenvalue weighted by atomic mass is 35.5. The van der Waals surface area contributed by atoms with Crippen molar-refractivity contribution >= 4 is 24.0 Å². The van der Waals surface area contributed by atoms with Gasteiger partial charge >= 0.3 is 6.18 Å². The number of piperazine rings is 1. The smallest absolute Gasteiger partial charge is 0.408 e. The van der Waals surface area contributed by atoms with E-state index in [0.29, 0.717) is 31.2 Å². The number of nitrogens with one attached hydrogen (secondary N) is 1. The van der Waals surface area contributed by atoms with E-state index in [9.17, 15) is 13.2 Å². The predicted octanol–water partition coefficient (Wildman–Crippen LogP) is 3.28. The van der Waals surface area contributed by atoms with Crippen molar-refractivity contribution in [3.63, 3.8) is 0 Å². The first-order chi connectivity index (χ1) is 9.43. The summed E-state index contributed by atoms with van der Waals surface area (Å²) in [5, 5.41) is 3.35. The first-order valence-corrected chi connectivity index (χ1v) is 6.66. The Morgan fingerprint density at radius 2 is 1.90 bits per heavy atom. The summed E-state index contributed by atoms with van der Waals surface area (Å²) in [7, 11) is 1.39. The third-order valence-corrected chi connectivity index (χ3v) is 3.63. The Morgan fingerprint density at radius 3 is 2.43 bits per heavy atom. The minimum atomic E-state index is -4.34. The Bertz CT molecular complexity index is 465. The third kappa shape index (κ3) is 4.39. The molecule has 1 heterocycles. The lowest BCUT2D eigenvalue weighted by atomic mass is 10.0. The van der Waals surface area contributed by atoms with Gasteiger partial charge in [0.15, 0.2) is 0 Å². The van der Waals surface area contributed by atoms with E-state index >= 15 is 0 Å². The maximum Gasteiger partial charge on any atom is 0.408 e. The Balaban J connectivity index is 0.00000220. The van der Waals surface area contributed by atoms with Gasteiger partial charge in [0.1, 0.15) is 11.8 Å². The van der Waals surface area contributed by atoms with Gasteiger partial charge in [-0.2, -0.15) is 13.2 Å². The summed E-state index contributed by atoms with van der Waals surface area (Å²) in [6, 6.07) is 2.58. The van der Waals surface area contributed by atoms with Gasteiger partial charge in [-0.1, -0.05) is 17.7 Å². The molecule has 0 saturated carbocycles. The number of hydrogen-bond acceptors (Lipinski definition) is 3. The molecule has 1 N–H and O–H groups in total. The molecule has 0 bridgehead atoms. The number of ether oxygens (including phenoxy) is 1. The minimum absolute atomic E-state index is 0. The summed E-state index contributed by atoms with van der Waals surface area (Å²) in [5.74, 6) is 0.258. The van der Waals surface area contributed by atoms with Crippen LogP contribution in [0.2, 0.25) is 5.02 Å². The molecule has 0 radical (unpaired) electrons. The number of rotatable bonds is 3. The molecule has 1 aliphatic heterocycles. The average Bonchev–Trinajstić information content (AvgIpc) is 2.40. The molecule has 0 spiro atoms. The van der Waals surface area contributed by atoms with Crippen LogP contribution in [0.3, 0.4) is 0 Å².